The van der Waals surface area contributed by atoms with E-state index in [0.717, 1.165) is 28.0 Å². The van der Waals surface area contributed by atoms with Crippen LogP contribution in [0.3, 0.4) is 0 Å². The second kappa shape index (κ2) is 10.4. The average Bonchev–Trinajstić information content (AvgIpc) is 3.54. The van der Waals surface area contributed by atoms with Gasteiger partial charge >= 0.3 is 6.61 Å². The predicted octanol–water partition coefficient (Wildman–Crippen LogP) is 1.72. The van der Waals surface area contributed by atoms with Gasteiger partial charge in [0.2, 0.25) is 0 Å². The molecule has 2 aromatic heterocycles. The van der Waals surface area contributed by atoms with Crippen LogP contribution < -0.4 is 4.74 Å². The van der Waals surface area contributed by atoms with Crippen LogP contribution in [0, 0.1) is 16.7 Å². The van der Waals surface area contributed by atoms with Crippen molar-refractivity contribution in [2.75, 3.05) is 7.05 Å². The van der Waals surface area contributed by atoms with Gasteiger partial charge in [-0.3, -0.25) is 4.79 Å². The molecule has 1 saturated carbocycles. The number of imidazole rings is 1. The second-order valence-corrected chi connectivity index (χ2v) is 13.1. The summed E-state index contributed by atoms with van der Waals surface area (Å²) in [5.74, 6) is 0.755. The maximum atomic E-state index is 13.7. The third-order valence-corrected chi connectivity index (χ3v) is 8.91. The van der Waals surface area contributed by atoms with Gasteiger partial charge in [0.05, 0.1) is 28.6 Å². The first-order chi connectivity index (χ1) is 20.7. The predicted molar refractivity (Wildman–Crippen MR) is 168 cm³/mol. The first kappa shape index (κ1) is 29.8. The fourth-order valence-corrected chi connectivity index (χ4v) is 6.47. The van der Waals surface area contributed by atoms with Gasteiger partial charge in [-0.05, 0) is 48.4 Å². The van der Waals surface area contributed by atoms with Crippen molar-refractivity contribution in [2.24, 2.45) is 5.41 Å². The van der Waals surface area contributed by atoms with Crippen LogP contribution in [0.25, 0.3) is 22.2 Å². The van der Waals surface area contributed by atoms with Gasteiger partial charge in [0.1, 0.15) is 40.7 Å². The number of nitriles is 1. The molecule has 0 spiro atoms. The Morgan fingerprint density at radius 2 is 1.91 bits per heavy atom. The van der Waals surface area contributed by atoms with E-state index >= 15 is 0 Å². The maximum absolute atomic E-state index is 13.7. The molecule has 1 aliphatic carbocycles. The molecular formula is C30H31B3F2N6O3. The van der Waals surface area contributed by atoms with Crippen molar-refractivity contribution in [1.29, 1.82) is 5.26 Å². The minimum Gasteiger partial charge on any atom is -0.434 e. The summed E-state index contributed by atoms with van der Waals surface area (Å²) in [6.45, 7) is -1.25. The van der Waals surface area contributed by atoms with Crippen LogP contribution in [0.1, 0.15) is 59.8 Å². The minimum absolute atomic E-state index is 0.0329. The Labute approximate surface area is 256 Å². The van der Waals surface area contributed by atoms with Gasteiger partial charge in [-0.25, -0.2) is 15.0 Å². The van der Waals surface area contributed by atoms with Gasteiger partial charge < -0.3 is 19.3 Å². The molecule has 222 valence electrons. The Balaban J connectivity index is 1.40. The van der Waals surface area contributed by atoms with Crippen molar-refractivity contribution in [3.05, 3.63) is 71.6 Å². The van der Waals surface area contributed by atoms with Crippen LogP contribution >= 0.6 is 0 Å². The zero-order valence-electron chi connectivity index (χ0n) is 25.3. The van der Waals surface area contributed by atoms with E-state index in [0.29, 0.717) is 24.0 Å². The van der Waals surface area contributed by atoms with Crippen molar-refractivity contribution in [3.8, 4) is 22.9 Å². The van der Waals surface area contributed by atoms with Crippen LogP contribution in [0.2, 0.25) is 0 Å². The van der Waals surface area contributed by atoms with Gasteiger partial charge in [0.15, 0.2) is 5.82 Å². The van der Waals surface area contributed by atoms with Crippen molar-refractivity contribution >= 4 is 40.5 Å². The Morgan fingerprint density at radius 1 is 1.20 bits per heavy atom. The quantitative estimate of drug-likeness (QED) is 0.324. The van der Waals surface area contributed by atoms with Gasteiger partial charge in [-0.1, -0.05) is 12.1 Å². The minimum atomic E-state index is -3.05. The number of nitrogens with zero attached hydrogens (tertiary/aromatic N) is 6. The molecule has 4 aromatic rings. The van der Waals surface area contributed by atoms with Crippen molar-refractivity contribution in [2.45, 2.75) is 56.1 Å². The highest BCUT2D eigenvalue weighted by molar-refractivity contribution is 6.59. The maximum Gasteiger partial charge on any atom is 0.387 e. The highest BCUT2D eigenvalue weighted by Gasteiger charge is 2.54. The lowest BCUT2D eigenvalue weighted by Gasteiger charge is -2.46. The number of benzene rings is 2. The third kappa shape index (κ3) is 5.03. The third-order valence-electron chi connectivity index (χ3n) is 8.91. The van der Waals surface area contributed by atoms with Crippen LogP contribution in [0.5, 0.6) is 5.75 Å². The van der Waals surface area contributed by atoms with E-state index in [2.05, 4.69) is 16.0 Å². The molecule has 3 heterocycles. The standard InChI is InChI=1S/C30H31B3F2N6O3/c1-28(15-36)13-29(43,14-28)26-37-11-17(12-38-26)16-6-7-19-21(10-16)41-20(8-9-23(41)39-19)24-18(25(42)40(2)30(31,32)33)4-3-5-22(24)44-27(34)35/h3-7,10-12,20,27,43H,8-9,13-14,31-33H2,1-2H3/t20-,28-,29+/m1/s1. The number of alkyl halides is 2. The fourth-order valence-electron chi connectivity index (χ4n) is 6.47. The smallest absolute Gasteiger partial charge is 0.387 e. The van der Waals surface area contributed by atoms with Gasteiger partial charge in [-0.15, -0.1) is 0 Å². The summed E-state index contributed by atoms with van der Waals surface area (Å²) in [6.07, 6.45) is 5.00. The number of aryl methyl sites for hydroxylation is 1. The Kier molecular flexibility index (Phi) is 7.08. The highest BCUT2D eigenvalue weighted by Crippen LogP contribution is 2.52. The van der Waals surface area contributed by atoms with Crippen LogP contribution in [0.4, 0.5) is 8.78 Å². The number of rotatable bonds is 7. The number of carbonyl (C=O) groups excluding carboxylic acids is 1. The molecule has 0 bridgehead atoms. The van der Waals surface area contributed by atoms with E-state index in [1.54, 1.807) is 36.5 Å². The van der Waals surface area contributed by atoms with Crippen molar-refractivity contribution in [1.82, 2.24) is 24.4 Å². The number of amides is 1. The molecule has 1 atom stereocenters. The largest absolute Gasteiger partial charge is 0.434 e. The van der Waals surface area contributed by atoms with E-state index in [1.165, 1.54) is 6.07 Å². The van der Waals surface area contributed by atoms with E-state index < -0.39 is 28.9 Å². The average molecular weight is 594 g/mol. The molecule has 1 amide bonds. The molecule has 2 aliphatic rings. The monoisotopic (exact) mass is 594 g/mol. The number of fused-ring (bicyclic) bond motifs is 3. The molecule has 2 aromatic carbocycles. The topological polar surface area (TPSA) is 117 Å². The lowest BCUT2D eigenvalue weighted by molar-refractivity contribution is -0.109. The number of aromatic nitrogens is 4. The molecule has 0 unspecified atom stereocenters. The Hall–Kier alpha value is -4.24. The summed E-state index contributed by atoms with van der Waals surface area (Å²) >= 11 is 0. The zero-order chi connectivity index (χ0) is 31.6. The molecule has 44 heavy (non-hydrogen) atoms. The molecule has 14 heteroatoms. The van der Waals surface area contributed by atoms with E-state index in [1.807, 2.05) is 53.2 Å². The SMILES string of the molecule is BC(B)(B)N(C)C(=O)c1cccc(OC(F)F)c1[C@H]1CCc2nc3ccc(-c4cnc([C@]5(O)C[C@@](C)(C#N)C5)nc4)cc3n21. The zero-order valence-corrected chi connectivity index (χ0v) is 25.3. The lowest BCUT2D eigenvalue weighted by Crippen LogP contribution is -2.51. The number of carbonyl (C=O) groups is 1. The molecule has 1 fully saturated rings. The molecule has 0 radical (unpaired) electrons. The molecular weight excluding hydrogens is 563 g/mol. The fraction of sp³-hybridized carbons (Fsp3) is 0.367. The first-order valence-electron chi connectivity index (χ1n) is 14.6. The van der Waals surface area contributed by atoms with Gasteiger partial charge in [-0.2, -0.15) is 14.0 Å². The molecule has 1 aliphatic heterocycles. The van der Waals surface area contributed by atoms with Crippen LogP contribution in [-0.4, -0.2) is 77.9 Å². The van der Waals surface area contributed by atoms with Crippen molar-refractivity contribution < 1.29 is 23.4 Å². The molecule has 0 saturated heterocycles. The summed E-state index contributed by atoms with van der Waals surface area (Å²) < 4.78 is 34.2. The number of ether oxygens (including phenoxy) is 1. The van der Waals surface area contributed by atoms with Crippen LogP contribution in [0.15, 0.2) is 48.8 Å². The van der Waals surface area contributed by atoms with E-state index in [4.69, 9.17) is 9.72 Å². The number of aliphatic hydroxyl groups is 1. The van der Waals surface area contributed by atoms with E-state index in [9.17, 15) is 23.9 Å². The second-order valence-electron chi connectivity index (χ2n) is 13.1. The van der Waals surface area contributed by atoms with Crippen molar-refractivity contribution in [3.63, 3.8) is 0 Å². The van der Waals surface area contributed by atoms with Crippen LogP contribution in [-0.2, 0) is 12.0 Å². The molecule has 6 rings (SSSR count). The lowest BCUT2D eigenvalue weighted by atomic mass is 9.48. The number of hydrogen-bond donors (Lipinski definition) is 1. The summed E-state index contributed by atoms with van der Waals surface area (Å²) in [5.41, 5.74) is 1.93. The molecule has 1 N–H and O–H groups in total. The Morgan fingerprint density at radius 3 is 2.55 bits per heavy atom. The Bertz CT molecular complexity index is 1810. The van der Waals surface area contributed by atoms with E-state index in [-0.39, 0.29) is 30.3 Å². The highest BCUT2D eigenvalue weighted by atomic mass is 19.3. The summed E-state index contributed by atoms with van der Waals surface area (Å²) in [6, 6.07) is 12.2. The van der Waals surface area contributed by atoms with Gasteiger partial charge in [0.25, 0.3) is 5.91 Å². The molecule has 9 nitrogen and oxygen atoms in total. The number of hydrogen-bond acceptors (Lipinski definition) is 7. The summed E-state index contributed by atoms with van der Waals surface area (Å²) in [4.78, 5) is 29.0. The number of halogens is 2. The first-order valence-corrected chi connectivity index (χ1v) is 14.6. The summed E-state index contributed by atoms with van der Waals surface area (Å²) in [5, 5.41) is 19.7. The van der Waals surface area contributed by atoms with Gasteiger partial charge in [0, 0.05) is 55.4 Å². The summed E-state index contributed by atoms with van der Waals surface area (Å²) in [7, 11) is 7.43. The normalized spacial score (nSPS) is 22.8.